The molecule has 1 heterocycles. The Hall–Kier alpha value is -3.26. The number of rotatable bonds is 3. The average molecular weight is 336 g/mol. The van der Waals surface area contributed by atoms with E-state index in [4.69, 9.17) is 9.97 Å². The Labute approximate surface area is 154 Å². The summed E-state index contributed by atoms with van der Waals surface area (Å²) in [4.78, 5) is 9.68. The van der Waals surface area contributed by atoms with Crippen LogP contribution in [0.3, 0.4) is 0 Å². The zero-order valence-electron chi connectivity index (χ0n) is 15.0. The van der Waals surface area contributed by atoms with Gasteiger partial charge in [-0.3, -0.25) is 0 Å². The largest absolute Gasteiger partial charge is 0.228 e. The van der Waals surface area contributed by atoms with E-state index in [9.17, 15) is 0 Å². The lowest BCUT2D eigenvalue weighted by atomic mass is 10.1. The van der Waals surface area contributed by atoms with Crippen molar-refractivity contribution in [1.29, 1.82) is 0 Å². The minimum atomic E-state index is 0.752. The lowest BCUT2D eigenvalue weighted by Gasteiger charge is -2.09. The molecule has 0 fully saturated rings. The van der Waals surface area contributed by atoms with Crippen LogP contribution < -0.4 is 0 Å². The Balaban J connectivity index is 1.89. The van der Waals surface area contributed by atoms with Gasteiger partial charge in [0.05, 0.1) is 11.4 Å². The van der Waals surface area contributed by atoms with Crippen LogP contribution in [0.15, 0.2) is 84.9 Å². The second-order valence-corrected chi connectivity index (χ2v) is 6.56. The second kappa shape index (κ2) is 6.93. The van der Waals surface area contributed by atoms with Crippen LogP contribution in [0.2, 0.25) is 0 Å². The van der Waals surface area contributed by atoms with Gasteiger partial charge in [0.1, 0.15) is 0 Å². The van der Waals surface area contributed by atoms with Crippen molar-refractivity contribution in [2.24, 2.45) is 0 Å². The highest BCUT2D eigenvalue weighted by atomic mass is 14.9. The fourth-order valence-corrected chi connectivity index (χ4v) is 2.91. The highest BCUT2D eigenvalue weighted by Crippen LogP contribution is 2.27. The van der Waals surface area contributed by atoms with Gasteiger partial charge in [-0.2, -0.15) is 0 Å². The molecule has 0 unspecified atom stereocenters. The van der Waals surface area contributed by atoms with E-state index in [1.807, 2.05) is 18.2 Å². The van der Waals surface area contributed by atoms with Crippen molar-refractivity contribution < 1.29 is 0 Å². The summed E-state index contributed by atoms with van der Waals surface area (Å²) in [7, 11) is 0. The van der Waals surface area contributed by atoms with Crippen molar-refractivity contribution in [2.45, 2.75) is 13.8 Å². The monoisotopic (exact) mass is 336 g/mol. The molecule has 1 aromatic heterocycles. The van der Waals surface area contributed by atoms with Crippen molar-refractivity contribution in [2.75, 3.05) is 0 Å². The average Bonchev–Trinajstić information content (AvgIpc) is 2.69. The summed E-state index contributed by atoms with van der Waals surface area (Å²) < 4.78 is 0. The molecule has 0 N–H and O–H groups in total. The normalized spacial score (nSPS) is 10.7. The van der Waals surface area contributed by atoms with E-state index < -0.39 is 0 Å². The van der Waals surface area contributed by atoms with E-state index in [-0.39, 0.29) is 0 Å². The van der Waals surface area contributed by atoms with Gasteiger partial charge in [0.25, 0.3) is 0 Å². The van der Waals surface area contributed by atoms with Crippen molar-refractivity contribution in [1.82, 2.24) is 9.97 Å². The van der Waals surface area contributed by atoms with E-state index in [1.165, 1.54) is 11.1 Å². The van der Waals surface area contributed by atoms with Crippen LogP contribution in [-0.4, -0.2) is 9.97 Å². The second-order valence-electron chi connectivity index (χ2n) is 6.56. The van der Waals surface area contributed by atoms with Crippen LogP contribution in [0.25, 0.3) is 33.9 Å². The van der Waals surface area contributed by atoms with Crippen LogP contribution in [0.1, 0.15) is 11.1 Å². The summed E-state index contributed by atoms with van der Waals surface area (Å²) in [5, 5.41) is 0. The first-order valence-corrected chi connectivity index (χ1v) is 8.78. The van der Waals surface area contributed by atoms with Crippen molar-refractivity contribution in [3.05, 3.63) is 96.1 Å². The first kappa shape index (κ1) is 16.2. The Kier molecular flexibility index (Phi) is 4.32. The molecule has 0 spiro atoms. The minimum Gasteiger partial charge on any atom is -0.228 e. The smallest absolute Gasteiger partial charge is 0.160 e. The lowest BCUT2D eigenvalue weighted by Crippen LogP contribution is -1.96. The summed E-state index contributed by atoms with van der Waals surface area (Å²) in [5.74, 6) is 0.752. The fourth-order valence-electron chi connectivity index (χ4n) is 2.91. The highest BCUT2D eigenvalue weighted by molar-refractivity contribution is 5.71. The van der Waals surface area contributed by atoms with Crippen LogP contribution in [-0.2, 0) is 0 Å². The quantitative estimate of drug-likeness (QED) is 0.452. The van der Waals surface area contributed by atoms with E-state index >= 15 is 0 Å². The first-order valence-electron chi connectivity index (χ1n) is 8.78. The molecular weight excluding hydrogens is 316 g/mol. The van der Waals surface area contributed by atoms with E-state index in [0.717, 1.165) is 33.9 Å². The summed E-state index contributed by atoms with van der Waals surface area (Å²) in [6, 6.07) is 29.1. The molecule has 0 bridgehead atoms. The standard InChI is InChI=1S/C24H20N2/c1-17-8-12-20(13-9-17)23-16-22(19-6-4-3-5-7-19)25-24(26-23)21-14-10-18(2)11-15-21/h3-16H,1-2H3. The molecule has 0 saturated carbocycles. The summed E-state index contributed by atoms with van der Waals surface area (Å²) in [6.07, 6.45) is 0. The fraction of sp³-hybridized carbons (Fsp3) is 0.0833. The number of hydrogen-bond acceptors (Lipinski definition) is 2. The van der Waals surface area contributed by atoms with Crippen molar-refractivity contribution in [3.8, 4) is 33.9 Å². The van der Waals surface area contributed by atoms with Gasteiger partial charge in [0.15, 0.2) is 5.82 Å². The molecule has 4 aromatic rings. The van der Waals surface area contributed by atoms with Gasteiger partial charge in [-0.1, -0.05) is 90.0 Å². The molecule has 4 rings (SSSR count). The van der Waals surface area contributed by atoms with Gasteiger partial charge in [0, 0.05) is 16.7 Å². The van der Waals surface area contributed by atoms with E-state index in [1.54, 1.807) is 0 Å². The molecule has 0 atom stereocenters. The molecule has 126 valence electrons. The van der Waals surface area contributed by atoms with Gasteiger partial charge in [-0.25, -0.2) is 9.97 Å². The number of aryl methyl sites for hydroxylation is 2. The summed E-state index contributed by atoms with van der Waals surface area (Å²) in [5.41, 5.74) is 7.57. The number of nitrogens with zero attached hydrogens (tertiary/aromatic N) is 2. The van der Waals surface area contributed by atoms with E-state index in [0.29, 0.717) is 0 Å². The lowest BCUT2D eigenvalue weighted by molar-refractivity contribution is 1.18. The van der Waals surface area contributed by atoms with Gasteiger partial charge < -0.3 is 0 Å². The number of aromatic nitrogens is 2. The van der Waals surface area contributed by atoms with Crippen LogP contribution in [0.5, 0.6) is 0 Å². The molecule has 0 radical (unpaired) electrons. The Morgan fingerprint density at radius 2 is 0.962 bits per heavy atom. The van der Waals surface area contributed by atoms with Gasteiger partial charge in [-0.15, -0.1) is 0 Å². The predicted molar refractivity (Wildman–Crippen MR) is 108 cm³/mol. The third kappa shape index (κ3) is 3.40. The van der Waals surface area contributed by atoms with Gasteiger partial charge >= 0.3 is 0 Å². The van der Waals surface area contributed by atoms with Gasteiger partial charge in [0.2, 0.25) is 0 Å². The molecule has 2 heteroatoms. The predicted octanol–water partition coefficient (Wildman–Crippen LogP) is 6.09. The van der Waals surface area contributed by atoms with E-state index in [2.05, 4.69) is 80.6 Å². The molecule has 0 aliphatic heterocycles. The zero-order chi connectivity index (χ0) is 17.9. The molecule has 0 saturated heterocycles. The molecular formula is C24H20N2. The Bertz CT molecular complexity index is 954. The van der Waals surface area contributed by atoms with Crippen molar-refractivity contribution >= 4 is 0 Å². The topological polar surface area (TPSA) is 25.8 Å². The van der Waals surface area contributed by atoms with Crippen molar-refractivity contribution in [3.63, 3.8) is 0 Å². The Morgan fingerprint density at radius 1 is 0.500 bits per heavy atom. The zero-order valence-corrected chi connectivity index (χ0v) is 15.0. The minimum absolute atomic E-state index is 0.752. The maximum atomic E-state index is 4.85. The molecule has 2 nitrogen and oxygen atoms in total. The van der Waals surface area contributed by atoms with Gasteiger partial charge in [-0.05, 0) is 19.9 Å². The maximum absolute atomic E-state index is 4.85. The van der Waals surface area contributed by atoms with Crippen LogP contribution in [0.4, 0.5) is 0 Å². The van der Waals surface area contributed by atoms with Crippen LogP contribution >= 0.6 is 0 Å². The summed E-state index contributed by atoms with van der Waals surface area (Å²) >= 11 is 0. The third-order valence-corrected chi connectivity index (χ3v) is 4.45. The SMILES string of the molecule is Cc1ccc(-c2cc(-c3ccccc3)nc(-c3ccc(C)cc3)n2)cc1. The Morgan fingerprint density at radius 3 is 1.50 bits per heavy atom. The molecule has 0 aliphatic carbocycles. The number of benzene rings is 3. The van der Waals surface area contributed by atoms with Crippen LogP contribution in [0, 0.1) is 13.8 Å². The maximum Gasteiger partial charge on any atom is 0.160 e. The highest BCUT2D eigenvalue weighted by Gasteiger charge is 2.10. The molecule has 26 heavy (non-hydrogen) atoms. The molecule has 3 aromatic carbocycles. The third-order valence-electron chi connectivity index (χ3n) is 4.45. The molecule has 0 aliphatic rings. The molecule has 0 amide bonds. The summed E-state index contributed by atoms with van der Waals surface area (Å²) in [6.45, 7) is 4.18. The number of hydrogen-bond donors (Lipinski definition) is 0. The first-order chi connectivity index (χ1) is 12.7.